The van der Waals surface area contributed by atoms with Gasteiger partial charge in [-0.1, -0.05) is 56.7 Å². The molecular weight excluding hydrogens is 218 g/mol. The molecule has 1 heteroatoms. The molecule has 1 saturated carbocycles. The van der Waals surface area contributed by atoms with E-state index in [9.17, 15) is 0 Å². The van der Waals surface area contributed by atoms with Crippen LogP contribution in [0.4, 0.5) is 0 Å². The van der Waals surface area contributed by atoms with Crippen LogP contribution in [0.5, 0.6) is 0 Å². The van der Waals surface area contributed by atoms with E-state index in [0.717, 1.165) is 18.9 Å². The van der Waals surface area contributed by atoms with Crippen LogP contribution in [-0.2, 0) is 0 Å². The van der Waals surface area contributed by atoms with E-state index in [1.807, 2.05) is 0 Å². The highest BCUT2D eigenvalue weighted by atomic mass is 14.9. The molecule has 0 heterocycles. The third-order valence-electron chi connectivity index (χ3n) is 3.55. The first-order valence-electron chi connectivity index (χ1n) is 7.22. The molecule has 0 amide bonds. The van der Waals surface area contributed by atoms with Gasteiger partial charge >= 0.3 is 0 Å². The number of benzene rings is 1. The van der Waals surface area contributed by atoms with Crippen molar-refractivity contribution in [2.75, 3.05) is 6.54 Å². The highest BCUT2D eigenvalue weighted by Gasteiger charge is 2.22. The number of hydrogen-bond donors (Lipinski definition) is 1. The van der Waals surface area contributed by atoms with Crippen molar-refractivity contribution >= 4 is 6.08 Å². The molecule has 1 aromatic rings. The van der Waals surface area contributed by atoms with Crippen LogP contribution in [0.25, 0.3) is 6.08 Å². The van der Waals surface area contributed by atoms with Gasteiger partial charge in [-0.15, -0.1) is 0 Å². The Kier molecular flexibility index (Phi) is 4.60. The van der Waals surface area contributed by atoms with E-state index in [4.69, 9.17) is 0 Å². The van der Waals surface area contributed by atoms with Gasteiger partial charge in [-0.2, -0.15) is 0 Å². The molecule has 0 saturated heterocycles. The van der Waals surface area contributed by atoms with Crippen molar-refractivity contribution < 1.29 is 0 Å². The lowest BCUT2D eigenvalue weighted by Crippen LogP contribution is -2.24. The molecule has 0 bridgehead atoms. The average molecular weight is 243 g/mol. The summed E-state index contributed by atoms with van der Waals surface area (Å²) in [6.45, 7) is 7.61. The Labute approximate surface area is 111 Å². The minimum atomic E-state index is 0.553. The Morgan fingerprint density at radius 2 is 1.94 bits per heavy atom. The molecule has 2 rings (SSSR count). The van der Waals surface area contributed by atoms with Gasteiger partial charge < -0.3 is 5.32 Å². The minimum absolute atomic E-state index is 0.553. The maximum atomic E-state index is 3.49. The predicted octanol–water partition coefficient (Wildman–Crippen LogP) is 4.36. The monoisotopic (exact) mass is 243 g/mol. The summed E-state index contributed by atoms with van der Waals surface area (Å²) in [5, 5.41) is 3.49. The third-order valence-corrected chi connectivity index (χ3v) is 3.55. The van der Waals surface area contributed by atoms with Gasteiger partial charge in [-0.3, -0.25) is 0 Å². The van der Waals surface area contributed by atoms with E-state index in [1.165, 1.54) is 29.5 Å². The average Bonchev–Trinajstić information content (AvgIpc) is 3.19. The smallest absolute Gasteiger partial charge is 0.0170 e. The quantitative estimate of drug-likeness (QED) is 0.783. The molecule has 1 fully saturated rings. The van der Waals surface area contributed by atoms with E-state index in [1.54, 1.807) is 0 Å². The van der Waals surface area contributed by atoms with Gasteiger partial charge in [0.2, 0.25) is 0 Å². The first-order chi connectivity index (χ1) is 8.69. The second kappa shape index (κ2) is 6.19. The summed E-state index contributed by atoms with van der Waals surface area (Å²) in [4.78, 5) is 0. The molecule has 1 aliphatic rings. The van der Waals surface area contributed by atoms with Gasteiger partial charge in [0.25, 0.3) is 0 Å². The Balaban J connectivity index is 1.99. The molecule has 1 aliphatic carbocycles. The van der Waals surface area contributed by atoms with Crippen LogP contribution < -0.4 is 5.32 Å². The van der Waals surface area contributed by atoms with Crippen LogP contribution in [0.2, 0.25) is 0 Å². The summed E-state index contributed by atoms with van der Waals surface area (Å²) in [7, 11) is 0. The Morgan fingerprint density at radius 1 is 1.28 bits per heavy atom. The summed E-state index contributed by atoms with van der Waals surface area (Å²) >= 11 is 0. The normalized spacial score (nSPS) is 16.3. The maximum absolute atomic E-state index is 3.49. The molecule has 0 radical (unpaired) electrons. The molecular formula is C17H25N. The molecule has 0 unspecified atom stereocenters. The minimum Gasteiger partial charge on any atom is -0.311 e. The van der Waals surface area contributed by atoms with E-state index >= 15 is 0 Å². The number of nitrogens with one attached hydrogen (secondary N) is 1. The second-order valence-electron chi connectivity index (χ2n) is 5.63. The van der Waals surface area contributed by atoms with Crippen molar-refractivity contribution in [3.05, 3.63) is 41.0 Å². The predicted molar refractivity (Wildman–Crippen MR) is 79.8 cm³/mol. The fourth-order valence-corrected chi connectivity index (χ4v) is 2.13. The zero-order chi connectivity index (χ0) is 13.0. The van der Waals surface area contributed by atoms with E-state index in [-0.39, 0.29) is 0 Å². The Hall–Kier alpha value is -1.08. The largest absolute Gasteiger partial charge is 0.311 e. The fourth-order valence-electron chi connectivity index (χ4n) is 2.13. The summed E-state index contributed by atoms with van der Waals surface area (Å²) in [5.74, 6) is 0.858. The topological polar surface area (TPSA) is 12.0 Å². The first kappa shape index (κ1) is 13.4. The van der Waals surface area contributed by atoms with E-state index in [0.29, 0.717) is 6.04 Å². The lowest BCUT2D eigenvalue weighted by Gasteiger charge is -2.10. The lowest BCUT2D eigenvalue weighted by molar-refractivity contribution is 0.617. The van der Waals surface area contributed by atoms with Gasteiger partial charge in [0.05, 0.1) is 0 Å². The molecule has 0 aliphatic heterocycles. The first-order valence-corrected chi connectivity index (χ1v) is 7.22. The van der Waals surface area contributed by atoms with Crippen molar-refractivity contribution in [3.8, 4) is 0 Å². The summed E-state index contributed by atoms with van der Waals surface area (Å²) in [5.41, 5.74) is 4.33. The Morgan fingerprint density at radius 3 is 2.44 bits per heavy atom. The number of hydrogen-bond acceptors (Lipinski definition) is 1. The van der Waals surface area contributed by atoms with Crippen molar-refractivity contribution in [2.45, 2.75) is 52.0 Å². The van der Waals surface area contributed by atoms with Crippen molar-refractivity contribution in [3.63, 3.8) is 0 Å². The molecule has 0 aromatic heterocycles. The van der Waals surface area contributed by atoms with Gasteiger partial charge in [-0.25, -0.2) is 0 Å². The van der Waals surface area contributed by atoms with Crippen molar-refractivity contribution in [1.82, 2.24) is 5.32 Å². The zero-order valence-electron chi connectivity index (χ0n) is 11.9. The van der Waals surface area contributed by atoms with Crippen LogP contribution in [-0.4, -0.2) is 12.6 Å². The van der Waals surface area contributed by atoms with Crippen molar-refractivity contribution in [2.24, 2.45) is 0 Å². The number of rotatable bonds is 6. The van der Waals surface area contributed by atoms with Gasteiger partial charge in [0.1, 0.15) is 0 Å². The molecule has 0 atom stereocenters. The lowest BCUT2D eigenvalue weighted by atomic mass is 10.0. The summed E-state index contributed by atoms with van der Waals surface area (Å²) in [6, 6.07) is 9.67. The van der Waals surface area contributed by atoms with Crippen molar-refractivity contribution in [1.29, 1.82) is 0 Å². The van der Waals surface area contributed by atoms with Crippen LogP contribution in [0.15, 0.2) is 29.8 Å². The van der Waals surface area contributed by atoms with E-state index in [2.05, 4.69) is 56.4 Å². The second-order valence-corrected chi connectivity index (χ2v) is 5.63. The van der Waals surface area contributed by atoms with Gasteiger partial charge in [-0.05, 0) is 36.3 Å². The highest BCUT2D eigenvalue weighted by Crippen LogP contribution is 2.39. The third kappa shape index (κ3) is 3.99. The molecule has 1 nitrogen and oxygen atoms in total. The molecule has 98 valence electrons. The van der Waals surface area contributed by atoms with Crippen LogP contribution in [0.3, 0.4) is 0 Å². The molecule has 1 N–H and O–H groups in total. The molecule has 18 heavy (non-hydrogen) atoms. The fraction of sp³-hybridized carbons (Fsp3) is 0.529. The summed E-state index contributed by atoms with van der Waals surface area (Å²) < 4.78 is 0. The summed E-state index contributed by atoms with van der Waals surface area (Å²) in [6.07, 6.45) is 6.21. The Bertz CT molecular complexity index is 396. The van der Waals surface area contributed by atoms with Crippen LogP contribution in [0, 0.1) is 0 Å². The van der Waals surface area contributed by atoms with Crippen LogP contribution >= 0.6 is 0 Å². The molecule has 0 spiro atoms. The SMILES string of the molecule is CCC(=Cc1ccc(C2CC2)cc1)CNC(C)C. The highest BCUT2D eigenvalue weighted by molar-refractivity contribution is 5.54. The van der Waals surface area contributed by atoms with E-state index < -0.39 is 0 Å². The molecule has 1 aromatic carbocycles. The zero-order valence-corrected chi connectivity index (χ0v) is 11.9. The van der Waals surface area contributed by atoms with Gasteiger partial charge in [0.15, 0.2) is 0 Å². The van der Waals surface area contributed by atoms with Crippen LogP contribution in [0.1, 0.15) is 57.1 Å². The maximum Gasteiger partial charge on any atom is 0.0170 e. The van der Waals surface area contributed by atoms with Gasteiger partial charge in [0, 0.05) is 12.6 Å². The standard InChI is InChI=1S/C17H25N/c1-4-14(12-18-13(2)3)11-15-5-7-16(8-6-15)17-9-10-17/h5-8,11,13,17-18H,4,9-10,12H2,1-3H3.